The van der Waals surface area contributed by atoms with Crippen molar-refractivity contribution in [3.63, 3.8) is 0 Å². The highest BCUT2D eigenvalue weighted by Gasteiger charge is 2.17. The van der Waals surface area contributed by atoms with Crippen LogP contribution in [0.25, 0.3) is 65.2 Å². The predicted molar refractivity (Wildman–Crippen MR) is 127 cm³/mol. The van der Waals surface area contributed by atoms with Gasteiger partial charge in [-0.25, -0.2) is 0 Å². The molecule has 8 nitrogen and oxygen atoms in total. The molecule has 0 bridgehead atoms. The topological polar surface area (TPSA) is 124 Å². The first kappa shape index (κ1) is 18.3. The van der Waals surface area contributed by atoms with Gasteiger partial charge in [0.2, 0.25) is 12.4 Å². The lowest BCUT2D eigenvalue weighted by molar-refractivity contribution is 1.30. The second kappa shape index (κ2) is 6.58. The molecule has 0 aliphatic rings. The molecule has 0 spiro atoms. The minimum absolute atomic E-state index is 0.593. The Morgan fingerprint density at radius 2 is 0.735 bits per heavy atom. The monoisotopic (exact) mass is 434 g/mol. The molecule has 2 heterocycles. The molecule has 5 aromatic carbocycles. The summed E-state index contributed by atoms with van der Waals surface area (Å²) in [5, 5.41) is 27.1. The average Bonchev–Trinajstić information content (AvgIpc) is 3.32. The summed E-state index contributed by atoms with van der Waals surface area (Å²) in [6.45, 7) is 0. The van der Waals surface area contributed by atoms with Crippen LogP contribution in [-0.2, 0) is 0 Å². The van der Waals surface area contributed by atoms with Crippen molar-refractivity contribution >= 4 is 65.2 Å². The molecule has 0 saturated heterocycles. The summed E-state index contributed by atoms with van der Waals surface area (Å²) in [6, 6.07) is 11.8. The molecule has 154 valence electrons. The Bertz CT molecular complexity index is 2040. The lowest BCUT2D eigenvalue weighted by Crippen LogP contribution is -1.99. The van der Waals surface area contributed by atoms with E-state index in [1.54, 1.807) is 24.8 Å². The highest BCUT2D eigenvalue weighted by Crippen LogP contribution is 2.34. The number of aromatic nitrogens is 4. The van der Waals surface area contributed by atoms with Crippen LogP contribution in [0.5, 0.6) is 0 Å². The van der Waals surface area contributed by atoms with Gasteiger partial charge >= 0.3 is 0 Å². The number of fused-ring (bicyclic) bond motifs is 8. The van der Waals surface area contributed by atoms with Crippen molar-refractivity contribution in [3.8, 4) is 12.4 Å². The van der Waals surface area contributed by atoms with Crippen LogP contribution in [0, 0.1) is 22.9 Å². The van der Waals surface area contributed by atoms with Gasteiger partial charge in [-0.15, -0.1) is 0 Å². The third kappa shape index (κ3) is 2.34. The van der Waals surface area contributed by atoms with Crippen LogP contribution in [0.1, 0.15) is 0 Å². The van der Waals surface area contributed by atoms with Crippen molar-refractivity contribution in [2.75, 3.05) is 0 Å². The van der Waals surface area contributed by atoms with Gasteiger partial charge in [-0.05, 0) is 57.9 Å². The number of benzene rings is 3. The Morgan fingerprint density at radius 3 is 1.09 bits per heavy atom. The molecule has 2 aromatic heterocycles. The van der Waals surface area contributed by atoms with Crippen molar-refractivity contribution in [1.82, 2.24) is 19.9 Å². The van der Waals surface area contributed by atoms with Crippen LogP contribution < -0.4 is 10.7 Å². The number of hydrogen-bond donors (Lipinski definition) is 0. The molecule has 0 aliphatic heterocycles. The molecule has 0 N–H and O–H groups in total. The van der Waals surface area contributed by atoms with Gasteiger partial charge in [-0.3, -0.25) is 19.9 Å². The van der Waals surface area contributed by atoms with Gasteiger partial charge in [-0.2, -0.15) is 20.5 Å². The second-order valence-corrected chi connectivity index (χ2v) is 7.95. The molecule has 0 aliphatic carbocycles. The van der Waals surface area contributed by atoms with Crippen molar-refractivity contribution in [2.45, 2.75) is 0 Å². The first-order valence-electron chi connectivity index (χ1n) is 10.4. The largest absolute Gasteiger partial charge is 0.253 e. The van der Waals surface area contributed by atoms with Gasteiger partial charge in [-0.1, -0.05) is 0 Å². The number of nitriles is 2. The van der Waals surface area contributed by atoms with E-state index in [0.717, 1.165) is 65.2 Å². The maximum atomic E-state index is 9.44. The summed E-state index contributed by atoms with van der Waals surface area (Å²) in [7, 11) is 0. The summed E-state index contributed by atoms with van der Waals surface area (Å²) in [5.41, 5.74) is 2.97. The van der Waals surface area contributed by atoms with E-state index in [-0.39, 0.29) is 0 Å². The van der Waals surface area contributed by atoms with Gasteiger partial charge in [0.05, 0.1) is 32.8 Å². The second-order valence-electron chi connectivity index (χ2n) is 7.95. The Labute approximate surface area is 190 Å². The van der Waals surface area contributed by atoms with Crippen molar-refractivity contribution in [2.24, 2.45) is 9.98 Å². The van der Waals surface area contributed by atoms with E-state index in [1.165, 1.54) is 0 Å². The molecule has 0 amide bonds. The van der Waals surface area contributed by atoms with E-state index in [1.807, 2.05) is 48.8 Å². The smallest absolute Gasteiger partial charge is 0.206 e. The zero-order valence-electron chi connectivity index (χ0n) is 17.4. The molecular formula is C26H10N8. The molecule has 0 atom stereocenters. The summed E-state index contributed by atoms with van der Waals surface area (Å²) in [5.74, 6) is 0. The molecular weight excluding hydrogens is 424 g/mol. The number of nitrogens with zero attached hydrogens (tertiary/aromatic N) is 8. The molecule has 8 heteroatoms. The van der Waals surface area contributed by atoms with Gasteiger partial charge in [0.25, 0.3) is 0 Å². The lowest BCUT2D eigenvalue weighted by Gasteiger charge is -1.98. The first-order valence-corrected chi connectivity index (χ1v) is 10.4. The third-order valence-corrected chi connectivity index (χ3v) is 6.30. The van der Waals surface area contributed by atoms with Crippen LogP contribution in [-0.4, -0.2) is 19.9 Å². The SMILES string of the molecule is N#CN=c1c2cc3nccnc3cc2c2cc3c(=NC#N)c4cc5nccnc5cc4c3cc12. The minimum atomic E-state index is 0.593. The summed E-state index contributed by atoms with van der Waals surface area (Å²) in [6.07, 6.45) is 10.5. The number of hydrogen-bond acceptors (Lipinski definition) is 8. The van der Waals surface area contributed by atoms with Crippen molar-refractivity contribution < 1.29 is 0 Å². The van der Waals surface area contributed by atoms with E-state index in [0.29, 0.717) is 10.7 Å². The fraction of sp³-hybridized carbons (Fsp3) is 0. The molecule has 0 saturated carbocycles. The maximum absolute atomic E-state index is 9.44. The third-order valence-electron chi connectivity index (χ3n) is 6.30. The van der Waals surface area contributed by atoms with E-state index < -0.39 is 0 Å². The normalized spacial score (nSPS) is 13.0. The molecule has 0 radical (unpaired) electrons. The quantitative estimate of drug-likeness (QED) is 0.334. The summed E-state index contributed by atoms with van der Waals surface area (Å²) < 4.78 is 0. The highest BCUT2D eigenvalue weighted by atomic mass is 14.8. The van der Waals surface area contributed by atoms with Gasteiger partial charge in [0, 0.05) is 46.3 Å². The molecule has 34 heavy (non-hydrogen) atoms. The minimum Gasteiger partial charge on any atom is -0.253 e. The van der Waals surface area contributed by atoms with Gasteiger partial charge < -0.3 is 0 Å². The van der Waals surface area contributed by atoms with E-state index >= 15 is 0 Å². The van der Waals surface area contributed by atoms with Crippen molar-refractivity contribution in [1.29, 1.82) is 10.5 Å². The average molecular weight is 434 g/mol. The molecule has 0 fully saturated rings. The van der Waals surface area contributed by atoms with Crippen molar-refractivity contribution in [3.05, 3.63) is 71.9 Å². The van der Waals surface area contributed by atoms with E-state index in [9.17, 15) is 10.5 Å². The Kier molecular flexibility index (Phi) is 3.53. The number of rotatable bonds is 0. The fourth-order valence-corrected chi connectivity index (χ4v) is 4.93. The summed E-state index contributed by atoms with van der Waals surface area (Å²) >= 11 is 0. The Balaban J connectivity index is 1.76. The summed E-state index contributed by atoms with van der Waals surface area (Å²) in [4.78, 5) is 26.0. The zero-order chi connectivity index (χ0) is 22.8. The van der Waals surface area contributed by atoms with Crippen LogP contribution in [0.4, 0.5) is 0 Å². The van der Waals surface area contributed by atoms with Crippen LogP contribution in [0.2, 0.25) is 0 Å². The molecule has 7 aromatic rings. The Hall–Kier alpha value is -5.34. The van der Waals surface area contributed by atoms with Crippen LogP contribution in [0.3, 0.4) is 0 Å². The first-order chi connectivity index (χ1) is 16.8. The van der Waals surface area contributed by atoms with Crippen LogP contribution in [0.15, 0.2) is 71.2 Å². The fourth-order valence-electron chi connectivity index (χ4n) is 4.93. The van der Waals surface area contributed by atoms with Gasteiger partial charge in [0.1, 0.15) is 0 Å². The predicted octanol–water partition coefficient (Wildman–Crippen LogP) is 3.82. The Morgan fingerprint density at radius 1 is 0.441 bits per heavy atom. The van der Waals surface area contributed by atoms with Crippen LogP contribution >= 0.6 is 0 Å². The van der Waals surface area contributed by atoms with E-state index in [4.69, 9.17) is 0 Å². The molecule has 0 unspecified atom stereocenters. The van der Waals surface area contributed by atoms with Gasteiger partial charge in [0.15, 0.2) is 0 Å². The lowest BCUT2D eigenvalue weighted by atomic mass is 10.1. The highest BCUT2D eigenvalue weighted by molar-refractivity contribution is 6.23. The van der Waals surface area contributed by atoms with E-state index in [2.05, 4.69) is 29.9 Å². The molecule has 7 rings (SSSR count). The maximum Gasteiger partial charge on any atom is 0.206 e. The standard InChI is InChI=1S/C26H10N8/c27-11-33-25-17-6-14-16-8-22-24(32-4-2-30-22)10-20(16)26(34-12-28)18(14)5-13(17)15-7-21-23(9-19(15)25)31-3-1-29-21/h1-10H. The zero-order valence-corrected chi connectivity index (χ0v) is 17.4.